The van der Waals surface area contributed by atoms with Gasteiger partial charge in [-0.3, -0.25) is 4.18 Å². The van der Waals surface area contributed by atoms with Crippen LogP contribution in [-0.4, -0.2) is 21.3 Å². The molecule has 0 aromatic rings. The first-order valence-electron chi connectivity index (χ1n) is 4.60. The molecule has 0 aliphatic heterocycles. The van der Waals surface area contributed by atoms with E-state index in [-0.39, 0.29) is 0 Å². The summed E-state index contributed by atoms with van der Waals surface area (Å²) < 4.78 is 25.9. The minimum Gasteiger partial charge on any atom is -0.270 e. The van der Waals surface area contributed by atoms with Crippen LogP contribution in [0.4, 0.5) is 0 Å². The summed E-state index contributed by atoms with van der Waals surface area (Å²) in [5.74, 6) is 0. The molecule has 1 aliphatic rings. The predicted molar refractivity (Wildman–Crippen MR) is 52.0 cm³/mol. The molecular formula is C9H16O3S. The smallest absolute Gasteiger partial charge is 0.264 e. The van der Waals surface area contributed by atoms with Crippen molar-refractivity contribution in [3.63, 3.8) is 0 Å². The van der Waals surface area contributed by atoms with E-state index in [4.69, 9.17) is 0 Å². The Kier molecular flexibility index (Phi) is 3.93. The molecule has 1 aliphatic carbocycles. The molecule has 13 heavy (non-hydrogen) atoms. The summed E-state index contributed by atoms with van der Waals surface area (Å²) in [6.07, 6.45) is 8.77. The van der Waals surface area contributed by atoms with Crippen LogP contribution in [0.3, 0.4) is 0 Å². The molecule has 0 saturated carbocycles. The normalized spacial score (nSPS) is 18.4. The zero-order chi connectivity index (χ0) is 9.73. The Morgan fingerprint density at radius 1 is 1.46 bits per heavy atom. The highest BCUT2D eigenvalue weighted by molar-refractivity contribution is 7.85. The summed E-state index contributed by atoms with van der Waals surface area (Å²) >= 11 is 0. The van der Waals surface area contributed by atoms with E-state index in [2.05, 4.69) is 10.3 Å². The van der Waals surface area contributed by atoms with Gasteiger partial charge in [-0.15, -0.1) is 0 Å². The average molecular weight is 204 g/mol. The second-order valence-corrected chi connectivity index (χ2v) is 5.03. The molecule has 0 heterocycles. The van der Waals surface area contributed by atoms with E-state index in [0.717, 1.165) is 25.5 Å². The first-order valence-corrected chi connectivity index (χ1v) is 6.42. The Bertz CT molecular complexity index is 277. The molecule has 1 rings (SSSR count). The van der Waals surface area contributed by atoms with Crippen LogP contribution in [0.5, 0.6) is 0 Å². The van der Waals surface area contributed by atoms with Crippen molar-refractivity contribution >= 4 is 10.1 Å². The second-order valence-electron chi connectivity index (χ2n) is 3.38. The van der Waals surface area contributed by atoms with Gasteiger partial charge in [0, 0.05) is 0 Å². The fraction of sp³-hybridized carbons (Fsp3) is 0.778. The van der Waals surface area contributed by atoms with Crippen LogP contribution in [-0.2, 0) is 14.3 Å². The Hall–Kier alpha value is -0.350. The third-order valence-electron chi connectivity index (χ3n) is 2.11. The van der Waals surface area contributed by atoms with E-state index < -0.39 is 10.1 Å². The first kappa shape index (κ1) is 10.7. The molecule has 0 radical (unpaired) electrons. The van der Waals surface area contributed by atoms with Crippen molar-refractivity contribution in [2.75, 3.05) is 12.9 Å². The molecule has 0 N–H and O–H groups in total. The summed E-state index contributed by atoms with van der Waals surface area (Å²) in [7, 11) is -3.25. The predicted octanol–water partition coefficient (Wildman–Crippen LogP) is 1.85. The molecule has 4 heteroatoms. The summed E-state index contributed by atoms with van der Waals surface area (Å²) in [5.41, 5.74) is 1.34. The van der Waals surface area contributed by atoms with Gasteiger partial charge in [0.25, 0.3) is 10.1 Å². The minimum absolute atomic E-state index is 0.296. The van der Waals surface area contributed by atoms with Crippen molar-refractivity contribution < 1.29 is 12.6 Å². The fourth-order valence-corrected chi connectivity index (χ4v) is 1.84. The minimum atomic E-state index is -3.25. The Morgan fingerprint density at radius 3 is 2.77 bits per heavy atom. The quantitative estimate of drug-likeness (QED) is 0.518. The zero-order valence-electron chi connectivity index (χ0n) is 7.95. The van der Waals surface area contributed by atoms with Crippen molar-refractivity contribution in [2.24, 2.45) is 0 Å². The van der Waals surface area contributed by atoms with E-state index in [0.29, 0.717) is 6.61 Å². The van der Waals surface area contributed by atoms with E-state index in [9.17, 15) is 8.42 Å². The fourth-order valence-electron chi connectivity index (χ4n) is 1.46. The Balaban J connectivity index is 2.22. The van der Waals surface area contributed by atoms with Gasteiger partial charge in [0.2, 0.25) is 0 Å². The highest BCUT2D eigenvalue weighted by atomic mass is 32.2. The molecular weight excluding hydrogens is 188 g/mol. The van der Waals surface area contributed by atoms with Crippen molar-refractivity contribution in [1.29, 1.82) is 0 Å². The zero-order valence-corrected chi connectivity index (χ0v) is 8.77. The molecule has 0 bridgehead atoms. The average Bonchev–Trinajstić information content (AvgIpc) is 2.04. The van der Waals surface area contributed by atoms with E-state index >= 15 is 0 Å². The summed E-state index contributed by atoms with van der Waals surface area (Å²) in [6, 6.07) is 0. The van der Waals surface area contributed by atoms with Crippen molar-refractivity contribution in [2.45, 2.75) is 32.1 Å². The topological polar surface area (TPSA) is 43.4 Å². The molecule has 0 aromatic heterocycles. The van der Waals surface area contributed by atoms with Gasteiger partial charge < -0.3 is 0 Å². The Morgan fingerprint density at radius 2 is 2.23 bits per heavy atom. The van der Waals surface area contributed by atoms with Crippen LogP contribution in [0.25, 0.3) is 0 Å². The molecule has 0 atom stereocenters. The summed E-state index contributed by atoms with van der Waals surface area (Å²) in [4.78, 5) is 0. The summed E-state index contributed by atoms with van der Waals surface area (Å²) in [5, 5.41) is 0. The monoisotopic (exact) mass is 204 g/mol. The number of hydrogen-bond acceptors (Lipinski definition) is 3. The van der Waals surface area contributed by atoms with Crippen molar-refractivity contribution in [3.8, 4) is 0 Å². The van der Waals surface area contributed by atoms with Crippen LogP contribution in [0.2, 0.25) is 0 Å². The van der Waals surface area contributed by atoms with Crippen LogP contribution in [0.15, 0.2) is 11.6 Å². The van der Waals surface area contributed by atoms with Gasteiger partial charge in [-0.05, 0) is 32.1 Å². The molecule has 3 nitrogen and oxygen atoms in total. The second kappa shape index (κ2) is 4.77. The highest BCUT2D eigenvalue weighted by Gasteiger charge is 2.05. The maximum Gasteiger partial charge on any atom is 0.264 e. The lowest BCUT2D eigenvalue weighted by Gasteiger charge is -2.11. The van der Waals surface area contributed by atoms with Crippen LogP contribution >= 0.6 is 0 Å². The third kappa shape index (κ3) is 5.05. The van der Waals surface area contributed by atoms with Gasteiger partial charge in [0.05, 0.1) is 12.9 Å². The molecule has 76 valence electrons. The lowest BCUT2D eigenvalue weighted by molar-refractivity contribution is 0.323. The molecule has 0 unspecified atom stereocenters. The first-order chi connectivity index (χ1) is 6.08. The SMILES string of the molecule is CS(=O)(=O)OCCC1=CCCCC1. The lowest BCUT2D eigenvalue weighted by atomic mass is 9.98. The van der Waals surface area contributed by atoms with E-state index in [1.54, 1.807) is 0 Å². The van der Waals surface area contributed by atoms with Crippen molar-refractivity contribution in [3.05, 3.63) is 11.6 Å². The molecule has 0 aromatic carbocycles. The van der Waals surface area contributed by atoms with Crippen molar-refractivity contribution in [1.82, 2.24) is 0 Å². The molecule has 0 amide bonds. The van der Waals surface area contributed by atoms with E-state index in [1.165, 1.54) is 18.4 Å². The van der Waals surface area contributed by atoms with Gasteiger partial charge in [-0.1, -0.05) is 11.6 Å². The summed E-state index contributed by atoms with van der Waals surface area (Å²) in [6.45, 7) is 0.296. The molecule has 0 spiro atoms. The molecule has 0 saturated heterocycles. The van der Waals surface area contributed by atoms with Gasteiger partial charge in [-0.2, -0.15) is 8.42 Å². The standard InChI is InChI=1S/C9H16O3S/c1-13(10,11)12-8-7-9-5-3-2-4-6-9/h5H,2-4,6-8H2,1H3. The maximum atomic E-state index is 10.6. The van der Waals surface area contributed by atoms with Crippen LogP contribution in [0, 0.1) is 0 Å². The maximum absolute atomic E-state index is 10.6. The largest absolute Gasteiger partial charge is 0.270 e. The van der Waals surface area contributed by atoms with Crippen LogP contribution < -0.4 is 0 Å². The lowest BCUT2D eigenvalue weighted by Crippen LogP contribution is -2.05. The number of allylic oxidation sites excluding steroid dienone is 1. The van der Waals surface area contributed by atoms with Gasteiger partial charge in [-0.25, -0.2) is 0 Å². The van der Waals surface area contributed by atoms with Gasteiger partial charge in [0.1, 0.15) is 0 Å². The van der Waals surface area contributed by atoms with Gasteiger partial charge >= 0.3 is 0 Å². The van der Waals surface area contributed by atoms with Gasteiger partial charge in [0.15, 0.2) is 0 Å². The third-order valence-corrected chi connectivity index (χ3v) is 2.70. The number of hydrogen-bond donors (Lipinski definition) is 0. The highest BCUT2D eigenvalue weighted by Crippen LogP contribution is 2.19. The molecule has 0 fully saturated rings. The van der Waals surface area contributed by atoms with E-state index in [1.807, 2.05) is 0 Å². The van der Waals surface area contributed by atoms with Crippen LogP contribution in [0.1, 0.15) is 32.1 Å². The number of rotatable bonds is 4. The Labute approximate surface area is 79.9 Å².